The molecule has 0 saturated heterocycles. The summed E-state index contributed by atoms with van der Waals surface area (Å²) in [6.07, 6.45) is 0. The largest absolute Gasteiger partial charge is 0.326 e. The van der Waals surface area contributed by atoms with Gasteiger partial charge in [-0.2, -0.15) is 5.26 Å². The molecule has 0 atom stereocenters. The van der Waals surface area contributed by atoms with Crippen LogP contribution >= 0.6 is 11.6 Å². The first-order valence-electron chi connectivity index (χ1n) is 10.8. The molecule has 4 rings (SSSR count). The van der Waals surface area contributed by atoms with Crippen LogP contribution in [-0.2, 0) is 9.59 Å². The van der Waals surface area contributed by atoms with Crippen molar-refractivity contribution in [3.05, 3.63) is 104 Å². The number of nitro groups is 1. The normalized spacial score (nSPS) is 10.2. The second kappa shape index (κ2) is 11.0. The molecule has 0 aliphatic carbocycles. The Morgan fingerprint density at radius 3 is 1.95 bits per heavy atom. The van der Waals surface area contributed by atoms with E-state index in [0.717, 1.165) is 0 Å². The Balaban J connectivity index is 1.48. The van der Waals surface area contributed by atoms with Crippen LogP contribution < -0.4 is 21.5 Å². The van der Waals surface area contributed by atoms with Gasteiger partial charge in [0.2, 0.25) is 5.95 Å². The number of amides is 2. The van der Waals surface area contributed by atoms with Crippen molar-refractivity contribution in [2.75, 3.05) is 16.0 Å². The van der Waals surface area contributed by atoms with E-state index in [0.29, 0.717) is 16.3 Å². The number of carbonyl (C=O) groups excluding carboxylic acids is 2. The molecule has 0 spiro atoms. The van der Waals surface area contributed by atoms with Gasteiger partial charge < -0.3 is 16.0 Å². The minimum atomic E-state index is -0.983. The summed E-state index contributed by atoms with van der Waals surface area (Å²) in [5, 5.41) is 28.5. The highest BCUT2D eigenvalue weighted by Crippen LogP contribution is 2.24. The molecule has 1 heterocycles. The Morgan fingerprint density at radius 1 is 0.895 bits per heavy atom. The number of aromatic nitrogens is 2. The minimum Gasteiger partial charge on any atom is -0.326 e. The van der Waals surface area contributed by atoms with E-state index in [9.17, 15) is 29.8 Å². The van der Waals surface area contributed by atoms with Crippen LogP contribution in [0.25, 0.3) is 11.3 Å². The average molecular weight is 530 g/mol. The third-order valence-electron chi connectivity index (χ3n) is 5.10. The molecule has 2 amide bonds. The Bertz CT molecular complexity index is 1630. The number of nitrogens with one attached hydrogen (secondary N) is 4. The number of halogens is 1. The van der Waals surface area contributed by atoms with Gasteiger partial charge in [-0.25, -0.2) is 4.98 Å². The molecular formula is C25H16ClN7O5. The summed E-state index contributed by atoms with van der Waals surface area (Å²) in [6, 6.07) is 19.5. The second-order valence-electron chi connectivity index (χ2n) is 7.67. The fraction of sp³-hybridized carbons (Fsp3) is 0. The van der Waals surface area contributed by atoms with Crippen LogP contribution in [0.1, 0.15) is 5.56 Å². The number of rotatable bonds is 6. The van der Waals surface area contributed by atoms with Crippen molar-refractivity contribution >= 4 is 52.1 Å². The number of nitrogens with zero attached hydrogens (tertiary/aromatic N) is 3. The first kappa shape index (κ1) is 25.5. The first-order valence-corrected chi connectivity index (χ1v) is 11.2. The number of H-pyrrole nitrogens is 1. The molecule has 0 aliphatic heterocycles. The van der Waals surface area contributed by atoms with Crippen molar-refractivity contribution < 1.29 is 14.5 Å². The molecule has 12 nitrogen and oxygen atoms in total. The van der Waals surface area contributed by atoms with Crippen LogP contribution in [0.4, 0.5) is 28.7 Å². The molecule has 38 heavy (non-hydrogen) atoms. The number of aromatic amines is 1. The number of carbonyl (C=O) groups is 2. The van der Waals surface area contributed by atoms with Crippen LogP contribution in [0.3, 0.4) is 0 Å². The highest BCUT2D eigenvalue weighted by atomic mass is 35.5. The average Bonchev–Trinajstić information content (AvgIpc) is 2.90. The fourth-order valence-electron chi connectivity index (χ4n) is 3.27. The molecule has 4 aromatic rings. The zero-order valence-electron chi connectivity index (χ0n) is 19.2. The summed E-state index contributed by atoms with van der Waals surface area (Å²) in [6.45, 7) is 0. The van der Waals surface area contributed by atoms with E-state index in [1.807, 2.05) is 6.07 Å². The monoisotopic (exact) mass is 529 g/mol. The topological polar surface area (TPSA) is 183 Å². The summed E-state index contributed by atoms with van der Waals surface area (Å²) >= 11 is 5.89. The van der Waals surface area contributed by atoms with Crippen molar-refractivity contribution in [3.63, 3.8) is 0 Å². The summed E-state index contributed by atoms with van der Waals surface area (Å²) in [5.74, 6) is -1.85. The van der Waals surface area contributed by atoms with Gasteiger partial charge >= 0.3 is 11.8 Å². The summed E-state index contributed by atoms with van der Waals surface area (Å²) in [7, 11) is 0. The van der Waals surface area contributed by atoms with Gasteiger partial charge in [0.25, 0.3) is 11.2 Å². The van der Waals surface area contributed by atoms with Crippen LogP contribution in [0, 0.1) is 21.4 Å². The van der Waals surface area contributed by atoms with Crippen molar-refractivity contribution in [2.24, 2.45) is 0 Å². The van der Waals surface area contributed by atoms with Crippen molar-refractivity contribution in [1.82, 2.24) is 9.97 Å². The number of anilines is 4. The number of nitro benzene ring substituents is 1. The molecule has 0 unspecified atom stereocenters. The van der Waals surface area contributed by atoms with E-state index in [-0.39, 0.29) is 34.3 Å². The first-order chi connectivity index (χ1) is 18.2. The molecule has 0 saturated carbocycles. The Hall–Kier alpha value is -5.54. The Labute approximate surface area is 219 Å². The maximum absolute atomic E-state index is 12.5. The highest BCUT2D eigenvalue weighted by Gasteiger charge is 2.17. The molecule has 1 aromatic heterocycles. The van der Waals surface area contributed by atoms with Gasteiger partial charge in [-0.05, 0) is 48.5 Å². The van der Waals surface area contributed by atoms with E-state index >= 15 is 0 Å². The molecule has 0 radical (unpaired) electrons. The quantitative estimate of drug-likeness (QED) is 0.163. The summed E-state index contributed by atoms with van der Waals surface area (Å²) in [5.41, 5.74) is 0.605. The molecule has 3 aromatic carbocycles. The Kier molecular flexibility index (Phi) is 7.41. The van der Waals surface area contributed by atoms with Gasteiger partial charge in [0, 0.05) is 39.8 Å². The zero-order valence-corrected chi connectivity index (χ0v) is 19.9. The minimum absolute atomic E-state index is 0.103. The third-order valence-corrected chi connectivity index (χ3v) is 5.35. The lowest BCUT2D eigenvalue weighted by molar-refractivity contribution is -0.384. The molecule has 0 aliphatic rings. The van der Waals surface area contributed by atoms with E-state index in [1.165, 1.54) is 48.5 Å². The molecule has 188 valence electrons. The van der Waals surface area contributed by atoms with Gasteiger partial charge in [-0.3, -0.25) is 29.5 Å². The van der Waals surface area contributed by atoms with E-state index < -0.39 is 22.3 Å². The molecular weight excluding hydrogens is 514 g/mol. The van der Waals surface area contributed by atoms with E-state index in [1.54, 1.807) is 24.3 Å². The van der Waals surface area contributed by atoms with Crippen molar-refractivity contribution in [2.45, 2.75) is 0 Å². The van der Waals surface area contributed by atoms with Crippen LogP contribution in [0.2, 0.25) is 5.02 Å². The van der Waals surface area contributed by atoms with E-state index in [2.05, 4.69) is 25.9 Å². The maximum Gasteiger partial charge on any atom is 0.314 e. The van der Waals surface area contributed by atoms with Gasteiger partial charge in [0.05, 0.1) is 10.6 Å². The van der Waals surface area contributed by atoms with Crippen LogP contribution in [0.5, 0.6) is 0 Å². The maximum atomic E-state index is 12.5. The summed E-state index contributed by atoms with van der Waals surface area (Å²) in [4.78, 5) is 54.0. The van der Waals surface area contributed by atoms with Crippen molar-refractivity contribution in [3.8, 4) is 17.3 Å². The smallest absolute Gasteiger partial charge is 0.314 e. The van der Waals surface area contributed by atoms with Crippen LogP contribution in [0.15, 0.2) is 77.6 Å². The summed E-state index contributed by atoms with van der Waals surface area (Å²) < 4.78 is 0. The number of nitriles is 1. The number of benzene rings is 3. The fourth-order valence-corrected chi connectivity index (χ4v) is 3.39. The lowest BCUT2D eigenvalue weighted by atomic mass is 10.1. The Morgan fingerprint density at radius 2 is 1.42 bits per heavy atom. The highest BCUT2D eigenvalue weighted by molar-refractivity contribution is 6.43. The lowest BCUT2D eigenvalue weighted by Gasteiger charge is -2.10. The molecule has 0 bridgehead atoms. The molecule has 0 fully saturated rings. The SMILES string of the molecule is N#Cc1c(-c2ccc(NC(=O)C(=O)Nc3ccc([N+](=O)[O-])cc3)cc2)nc(Nc2ccc(Cl)cc2)[nH]c1=O. The van der Waals surface area contributed by atoms with Gasteiger partial charge in [0.15, 0.2) is 0 Å². The van der Waals surface area contributed by atoms with Gasteiger partial charge in [-0.15, -0.1) is 0 Å². The van der Waals surface area contributed by atoms with Crippen LogP contribution in [-0.4, -0.2) is 26.7 Å². The second-order valence-corrected chi connectivity index (χ2v) is 8.11. The predicted molar refractivity (Wildman–Crippen MR) is 140 cm³/mol. The lowest BCUT2D eigenvalue weighted by Crippen LogP contribution is -2.29. The zero-order chi connectivity index (χ0) is 27.2. The number of non-ortho nitro benzene ring substituents is 1. The number of hydrogen-bond donors (Lipinski definition) is 4. The molecule has 13 heteroatoms. The molecule has 4 N–H and O–H groups in total. The van der Waals surface area contributed by atoms with E-state index in [4.69, 9.17) is 11.6 Å². The standard InChI is InChI=1S/C25H16ClN7O5/c26-15-3-7-18(8-4-15)30-25-31-21(20(13-27)22(34)32-25)14-1-5-16(6-2-14)28-23(35)24(36)29-17-9-11-19(12-10-17)33(37)38/h1-12H,(H,28,35)(H,29,36)(H2,30,31,32,34). The van der Waals surface area contributed by atoms with Gasteiger partial charge in [-0.1, -0.05) is 23.7 Å². The van der Waals surface area contributed by atoms with Gasteiger partial charge in [0.1, 0.15) is 11.6 Å². The third kappa shape index (κ3) is 5.99. The number of hydrogen-bond acceptors (Lipinski definition) is 8. The van der Waals surface area contributed by atoms with Crippen molar-refractivity contribution in [1.29, 1.82) is 5.26 Å². The predicted octanol–water partition coefficient (Wildman–Crippen LogP) is 4.19.